The quantitative estimate of drug-likeness (QED) is 0.271. The van der Waals surface area contributed by atoms with Crippen molar-refractivity contribution in [1.29, 1.82) is 0 Å². The van der Waals surface area contributed by atoms with Crippen molar-refractivity contribution in [1.82, 2.24) is 5.32 Å². The number of hydrogen-bond acceptors (Lipinski definition) is 6. The molecular weight excluding hydrogens is 308 g/mol. The van der Waals surface area contributed by atoms with E-state index in [1.54, 1.807) is 6.26 Å². The van der Waals surface area contributed by atoms with E-state index in [1.165, 1.54) is 36.9 Å². The number of esters is 1. The lowest BCUT2D eigenvalue weighted by atomic mass is 10.2. The Morgan fingerprint density at radius 2 is 2.23 bits per heavy atom. The molecule has 0 unspecified atom stereocenters. The molecule has 7 nitrogen and oxygen atoms in total. The van der Waals surface area contributed by atoms with Crippen LogP contribution in [-0.4, -0.2) is 35.7 Å². The van der Waals surface area contributed by atoms with Crippen molar-refractivity contribution in [3.63, 3.8) is 0 Å². The van der Waals surface area contributed by atoms with Crippen molar-refractivity contribution in [2.45, 2.75) is 17.9 Å². The van der Waals surface area contributed by atoms with Gasteiger partial charge in [-0.25, -0.2) is 4.79 Å². The molecule has 0 heterocycles. The number of thioether (sulfide) groups is 1. The van der Waals surface area contributed by atoms with Gasteiger partial charge in [-0.3, -0.25) is 14.9 Å². The van der Waals surface area contributed by atoms with E-state index < -0.39 is 22.9 Å². The Morgan fingerprint density at radius 3 is 2.77 bits per heavy atom. The molecule has 1 atom stereocenters. The standard InChI is InChI=1S/C14H16N2O5S/c1-4-7-15-13(17)9(2)21-14(18)10-5-6-12(22-3)11(8-10)16(19)20/h4-6,8-9H,1,7H2,2-3H3,(H,15,17)/t9-/m1/s1. The van der Waals surface area contributed by atoms with E-state index in [0.29, 0.717) is 4.90 Å². The van der Waals surface area contributed by atoms with Gasteiger partial charge >= 0.3 is 5.97 Å². The molecule has 0 aliphatic heterocycles. The minimum absolute atomic E-state index is 0.0212. The fraction of sp³-hybridized carbons (Fsp3) is 0.286. The first-order valence-electron chi connectivity index (χ1n) is 6.32. The van der Waals surface area contributed by atoms with Crippen molar-refractivity contribution in [3.8, 4) is 0 Å². The summed E-state index contributed by atoms with van der Waals surface area (Å²) in [6, 6.07) is 4.04. The van der Waals surface area contributed by atoms with E-state index in [0.717, 1.165) is 6.07 Å². The molecule has 0 radical (unpaired) electrons. The number of rotatable bonds is 7. The number of benzene rings is 1. The Hall–Kier alpha value is -2.35. The van der Waals surface area contributed by atoms with Gasteiger partial charge in [0.05, 0.1) is 15.4 Å². The molecule has 0 spiro atoms. The van der Waals surface area contributed by atoms with E-state index in [4.69, 9.17) is 4.74 Å². The summed E-state index contributed by atoms with van der Waals surface area (Å²) in [7, 11) is 0. The van der Waals surface area contributed by atoms with Crippen LogP contribution in [0.15, 0.2) is 35.7 Å². The van der Waals surface area contributed by atoms with Crippen LogP contribution in [0, 0.1) is 10.1 Å². The van der Waals surface area contributed by atoms with Gasteiger partial charge in [0.15, 0.2) is 6.10 Å². The first-order valence-corrected chi connectivity index (χ1v) is 7.55. The minimum atomic E-state index is -1.01. The SMILES string of the molecule is C=CCNC(=O)[C@@H](C)OC(=O)c1ccc(SC)c([N+](=O)[O-])c1. The van der Waals surface area contributed by atoms with Crippen LogP contribution in [0.25, 0.3) is 0 Å². The molecule has 1 amide bonds. The molecule has 8 heteroatoms. The Bertz CT molecular complexity index is 603. The van der Waals surface area contributed by atoms with Gasteiger partial charge in [0.2, 0.25) is 0 Å². The fourth-order valence-electron chi connectivity index (χ4n) is 1.56. The van der Waals surface area contributed by atoms with Crippen molar-refractivity contribution in [2.75, 3.05) is 12.8 Å². The number of carbonyl (C=O) groups excluding carboxylic acids is 2. The highest BCUT2D eigenvalue weighted by Gasteiger charge is 2.21. The van der Waals surface area contributed by atoms with Gasteiger partial charge in [-0.05, 0) is 25.3 Å². The van der Waals surface area contributed by atoms with Crippen molar-refractivity contribution >= 4 is 29.3 Å². The molecule has 0 saturated heterocycles. The maximum Gasteiger partial charge on any atom is 0.339 e. The van der Waals surface area contributed by atoms with Gasteiger partial charge in [-0.1, -0.05) is 6.08 Å². The van der Waals surface area contributed by atoms with Crippen LogP contribution in [0.4, 0.5) is 5.69 Å². The highest BCUT2D eigenvalue weighted by atomic mass is 32.2. The number of nitro benzene ring substituents is 1. The Balaban J connectivity index is 2.85. The zero-order valence-electron chi connectivity index (χ0n) is 12.2. The number of ether oxygens (including phenoxy) is 1. The fourth-order valence-corrected chi connectivity index (χ4v) is 2.10. The Morgan fingerprint density at radius 1 is 1.55 bits per heavy atom. The number of carbonyl (C=O) groups is 2. The van der Waals surface area contributed by atoms with Gasteiger partial charge in [0.1, 0.15) is 0 Å². The van der Waals surface area contributed by atoms with Gasteiger partial charge < -0.3 is 10.1 Å². The average molecular weight is 324 g/mol. The molecule has 1 N–H and O–H groups in total. The van der Waals surface area contributed by atoms with Crippen LogP contribution in [0.2, 0.25) is 0 Å². The summed E-state index contributed by atoms with van der Waals surface area (Å²) in [5, 5.41) is 13.5. The molecule has 0 saturated carbocycles. The third kappa shape index (κ3) is 4.59. The van der Waals surface area contributed by atoms with Gasteiger partial charge in [0, 0.05) is 12.6 Å². The second-order valence-corrected chi connectivity index (χ2v) is 5.07. The molecule has 1 aromatic rings. The van der Waals surface area contributed by atoms with Crippen molar-refractivity contribution in [2.24, 2.45) is 0 Å². The van der Waals surface area contributed by atoms with E-state index >= 15 is 0 Å². The predicted octanol–water partition coefficient (Wildman–Crippen LogP) is 2.16. The van der Waals surface area contributed by atoms with Crippen molar-refractivity contribution in [3.05, 3.63) is 46.5 Å². The summed E-state index contributed by atoms with van der Waals surface area (Å²) in [5.74, 6) is -1.26. The zero-order chi connectivity index (χ0) is 16.7. The monoisotopic (exact) mass is 324 g/mol. The largest absolute Gasteiger partial charge is 0.449 e. The third-order valence-corrected chi connectivity index (χ3v) is 3.47. The summed E-state index contributed by atoms with van der Waals surface area (Å²) in [6.07, 6.45) is 2.19. The van der Waals surface area contributed by atoms with E-state index in [1.807, 2.05) is 0 Å². The molecule has 1 aromatic carbocycles. The van der Waals surface area contributed by atoms with Crippen LogP contribution in [0.3, 0.4) is 0 Å². The van der Waals surface area contributed by atoms with Crippen LogP contribution >= 0.6 is 11.8 Å². The minimum Gasteiger partial charge on any atom is -0.449 e. The molecule has 0 aromatic heterocycles. The van der Waals surface area contributed by atoms with Crippen LogP contribution < -0.4 is 5.32 Å². The highest BCUT2D eigenvalue weighted by Crippen LogP contribution is 2.28. The zero-order valence-corrected chi connectivity index (χ0v) is 13.0. The number of nitrogens with one attached hydrogen (secondary N) is 1. The van der Waals surface area contributed by atoms with Crippen LogP contribution in [0.1, 0.15) is 17.3 Å². The molecule has 118 valence electrons. The molecule has 0 fully saturated rings. The van der Waals surface area contributed by atoms with E-state index in [-0.39, 0.29) is 17.8 Å². The molecule has 0 bridgehead atoms. The molecule has 1 rings (SSSR count). The lowest BCUT2D eigenvalue weighted by Crippen LogP contribution is -2.35. The summed E-state index contributed by atoms with van der Waals surface area (Å²) in [5.41, 5.74) is -0.154. The summed E-state index contributed by atoms with van der Waals surface area (Å²) >= 11 is 1.20. The molecule has 0 aliphatic rings. The number of nitro groups is 1. The first kappa shape index (κ1) is 17.7. The normalized spacial score (nSPS) is 11.4. The Labute approximate surface area is 131 Å². The first-order chi connectivity index (χ1) is 10.4. The summed E-state index contributed by atoms with van der Waals surface area (Å²) in [6.45, 7) is 5.13. The third-order valence-electron chi connectivity index (χ3n) is 2.68. The number of amides is 1. The predicted molar refractivity (Wildman–Crippen MR) is 83.0 cm³/mol. The summed E-state index contributed by atoms with van der Waals surface area (Å²) in [4.78, 5) is 34.4. The topological polar surface area (TPSA) is 98.5 Å². The maximum absolute atomic E-state index is 12.0. The van der Waals surface area contributed by atoms with Crippen LogP contribution in [-0.2, 0) is 9.53 Å². The number of nitrogens with zero attached hydrogens (tertiary/aromatic N) is 1. The molecule has 0 aliphatic carbocycles. The Kier molecular flexibility index (Phi) is 6.58. The maximum atomic E-state index is 12.0. The van der Waals surface area contributed by atoms with Gasteiger partial charge in [-0.15, -0.1) is 18.3 Å². The van der Waals surface area contributed by atoms with Gasteiger partial charge in [-0.2, -0.15) is 0 Å². The summed E-state index contributed by atoms with van der Waals surface area (Å²) < 4.78 is 4.99. The average Bonchev–Trinajstić information content (AvgIpc) is 2.51. The van der Waals surface area contributed by atoms with Gasteiger partial charge in [0.25, 0.3) is 11.6 Å². The smallest absolute Gasteiger partial charge is 0.339 e. The lowest BCUT2D eigenvalue weighted by Gasteiger charge is -2.12. The highest BCUT2D eigenvalue weighted by molar-refractivity contribution is 7.98. The second kappa shape index (κ2) is 8.18. The second-order valence-electron chi connectivity index (χ2n) is 4.23. The van der Waals surface area contributed by atoms with E-state index in [2.05, 4.69) is 11.9 Å². The number of hydrogen-bond donors (Lipinski definition) is 1. The molecule has 22 heavy (non-hydrogen) atoms. The van der Waals surface area contributed by atoms with E-state index in [9.17, 15) is 19.7 Å². The molecular formula is C14H16N2O5S. The van der Waals surface area contributed by atoms with Crippen LogP contribution in [0.5, 0.6) is 0 Å². The lowest BCUT2D eigenvalue weighted by molar-refractivity contribution is -0.387. The van der Waals surface area contributed by atoms with Crippen molar-refractivity contribution < 1.29 is 19.2 Å².